The molecule has 2 aromatic rings. The number of rotatable bonds is 4. The highest BCUT2D eigenvalue weighted by atomic mass is 16.5. The third-order valence-corrected chi connectivity index (χ3v) is 3.98. The van der Waals surface area contributed by atoms with Gasteiger partial charge in [0.15, 0.2) is 0 Å². The van der Waals surface area contributed by atoms with Crippen molar-refractivity contribution >= 4 is 11.8 Å². The van der Waals surface area contributed by atoms with Crippen LogP contribution in [-0.2, 0) is 25.8 Å². The quantitative estimate of drug-likeness (QED) is 0.910. The van der Waals surface area contributed by atoms with Crippen molar-refractivity contribution in [1.82, 2.24) is 15.5 Å². The van der Waals surface area contributed by atoms with Gasteiger partial charge in [0.1, 0.15) is 11.6 Å². The molecule has 2 aromatic heterocycles. The van der Waals surface area contributed by atoms with Crippen molar-refractivity contribution in [3.8, 4) is 0 Å². The lowest BCUT2D eigenvalue weighted by molar-refractivity contribution is 0.251. The van der Waals surface area contributed by atoms with Crippen molar-refractivity contribution in [3.05, 3.63) is 40.4 Å². The largest absolute Gasteiger partial charge is 0.361 e. The van der Waals surface area contributed by atoms with E-state index in [4.69, 9.17) is 4.52 Å². The van der Waals surface area contributed by atoms with E-state index in [2.05, 4.69) is 20.8 Å². The molecule has 0 saturated carbocycles. The van der Waals surface area contributed by atoms with Crippen LogP contribution >= 0.6 is 0 Å². The number of carbonyl (C=O) groups excluding carboxylic acids is 1. The predicted molar refractivity (Wildman–Crippen MR) is 82.7 cm³/mol. The third-order valence-electron chi connectivity index (χ3n) is 3.98. The van der Waals surface area contributed by atoms with E-state index in [-0.39, 0.29) is 6.03 Å². The molecular formula is C16H20N4O2. The van der Waals surface area contributed by atoms with Gasteiger partial charge in [-0.05, 0) is 37.8 Å². The molecule has 0 bridgehead atoms. The molecule has 2 heterocycles. The standard InChI is InChI=1S/C16H20N4O2/c1-3-14-12(10(2)20-22-14)9-17-16(21)19-15-8-7-11-5-4-6-13(11)18-15/h7-8H,3-6,9H2,1-2H3,(H2,17,18,19,21). The minimum atomic E-state index is -0.270. The summed E-state index contributed by atoms with van der Waals surface area (Å²) in [7, 11) is 0. The summed E-state index contributed by atoms with van der Waals surface area (Å²) >= 11 is 0. The van der Waals surface area contributed by atoms with Crippen LogP contribution in [0, 0.1) is 6.92 Å². The first-order chi connectivity index (χ1) is 10.7. The maximum Gasteiger partial charge on any atom is 0.320 e. The van der Waals surface area contributed by atoms with Crippen molar-refractivity contribution in [3.63, 3.8) is 0 Å². The molecule has 2 amide bonds. The SMILES string of the molecule is CCc1onc(C)c1CNC(=O)Nc1ccc2c(n1)CCC2. The Kier molecular flexibility index (Phi) is 4.09. The molecule has 2 N–H and O–H groups in total. The molecule has 0 radical (unpaired) electrons. The first-order valence-corrected chi connectivity index (χ1v) is 7.65. The number of hydrogen-bond acceptors (Lipinski definition) is 4. The summed E-state index contributed by atoms with van der Waals surface area (Å²) in [5.74, 6) is 1.41. The van der Waals surface area contributed by atoms with Gasteiger partial charge in [-0.15, -0.1) is 0 Å². The van der Waals surface area contributed by atoms with Gasteiger partial charge in [-0.25, -0.2) is 9.78 Å². The van der Waals surface area contributed by atoms with Crippen LogP contribution in [0.5, 0.6) is 0 Å². The number of amides is 2. The van der Waals surface area contributed by atoms with Crippen LogP contribution in [0.25, 0.3) is 0 Å². The summed E-state index contributed by atoms with van der Waals surface area (Å²) in [4.78, 5) is 16.5. The van der Waals surface area contributed by atoms with Gasteiger partial charge in [0, 0.05) is 24.2 Å². The van der Waals surface area contributed by atoms with E-state index < -0.39 is 0 Å². The van der Waals surface area contributed by atoms with Crippen LogP contribution in [0.15, 0.2) is 16.7 Å². The molecule has 6 nitrogen and oxygen atoms in total. The normalized spacial score (nSPS) is 13.0. The fourth-order valence-electron chi connectivity index (χ4n) is 2.76. The molecule has 0 fully saturated rings. The zero-order valence-corrected chi connectivity index (χ0v) is 12.9. The molecule has 1 aliphatic rings. The summed E-state index contributed by atoms with van der Waals surface area (Å²) in [5, 5.41) is 9.54. The summed E-state index contributed by atoms with van der Waals surface area (Å²) in [6.45, 7) is 4.27. The molecule has 1 aliphatic carbocycles. The number of urea groups is 1. The monoisotopic (exact) mass is 300 g/mol. The Bertz CT molecular complexity index is 693. The lowest BCUT2D eigenvalue weighted by atomic mass is 10.1. The van der Waals surface area contributed by atoms with Gasteiger partial charge < -0.3 is 9.84 Å². The summed E-state index contributed by atoms with van der Waals surface area (Å²) in [5.41, 5.74) is 4.15. The van der Waals surface area contributed by atoms with Gasteiger partial charge >= 0.3 is 6.03 Å². The third kappa shape index (κ3) is 2.95. The van der Waals surface area contributed by atoms with Crippen molar-refractivity contribution < 1.29 is 9.32 Å². The molecular weight excluding hydrogens is 280 g/mol. The van der Waals surface area contributed by atoms with Crippen LogP contribution in [0.3, 0.4) is 0 Å². The van der Waals surface area contributed by atoms with Gasteiger partial charge in [0.2, 0.25) is 0 Å². The first-order valence-electron chi connectivity index (χ1n) is 7.65. The van der Waals surface area contributed by atoms with Gasteiger partial charge in [-0.3, -0.25) is 5.32 Å². The molecule has 0 unspecified atom stereocenters. The van der Waals surface area contributed by atoms with Gasteiger partial charge in [-0.1, -0.05) is 18.1 Å². The average Bonchev–Trinajstić information content (AvgIpc) is 3.11. The molecule has 0 aromatic carbocycles. The minimum Gasteiger partial charge on any atom is -0.361 e. The van der Waals surface area contributed by atoms with Crippen molar-refractivity contribution in [1.29, 1.82) is 0 Å². The Labute approximate surface area is 129 Å². The van der Waals surface area contributed by atoms with Gasteiger partial charge in [-0.2, -0.15) is 0 Å². The zero-order chi connectivity index (χ0) is 15.5. The number of nitrogens with zero attached hydrogens (tertiary/aromatic N) is 2. The highest BCUT2D eigenvalue weighted by molar-refractivity contribution is 5.88. The number of nitrogens with one attached hydrogen (secondary N) is 2. The number of aromatic nitrogens is 2. The maximum atomic E-state index is 12.0. The molecule has 6 heteroatoms. The number of carbonyl (C=O) groups is 1. The molecule has 22 heavy (non-hydrogen) atoms. The van der Waals surface area contributed by atoms with E-state index in [1.165, 1.54) is 5.56 Å². The maximum absolute atomic E-state index is 12.0. The first kappa shape index (κ1) is 14.6. The van der Waals surface area contributed by atoms with Crippen molar-refractivity contribution in [2.75, 3.05) is 5.32 Å². The lowest BCUT2D eigenvalue weighted by Gasteiger charge is -2.08. The van der Waals surface area contributed by atoms with E-state index >= 15 is 0 Å². The molecule has 0 saturated heterocycles. The van der Waals surface area contributed by atoms with E-state index in [0.717, 1.165) is 48.4 Å². The van der Waals surface area contributed by atoms with Crippen LogP contribution in [0.2, 0.25) is 0 Å². The molecule has 116 valence electrons. The molecule has 0 aliphatic heterocycles. The number of aryl methyl sites for hydroxylation is 4. The van der Waals surface area contributed by atoms with E-state index in [1.807, 2.05) is 26.0 Å². The Morgan fingerprint density at radius 2 is 2.23 bits per heavy atom. The summed E-state index contributed by atoms with van der Waals surface area (Å²) < 4.78 is 5.21. The second-order valence-corrected chi connectivity index (χ2v) is 5.49. The average molecular weight is 300 g/mol. The van der Waals surface area contributed by atoms with Crippen LogP contribution in [0.1, 0.15) is 41.6 Å². The van der Waals surface area contributed by atoms with Gasteiger partial charge in [0.05, 0.1) is 5.69 Å². The van der Waals surface area contributed by atoms with Gasteiger partial charge in [0.25, 0.3) is 0 Å². The van der Waals surface area contributed by atoms with E-state index in [0.29, 0.717) is 12.4 Å². The minimum absolute atomic E-state index is 0.270. The fraction of sp³-hybridized carbons (Fsp3) is 0.438. The second kappa shape index (κ2) is 6.17. The lowest BCUT2D eigenvalue weighted by Crippen LogP contribution is -2.29. The smallest absolute Gasteiger partial charge is 0.320 e. The number of hydrogen-bond donors (Lipinski definition) is 2. The topological polar surface area (TPSA) is 80.0 Å². The molecule has 0 atom stereocenters. The second-order valence-electron chi connectivity index (χ2n) is 5.49. The summed E-state index contributed by atoms with van der Waals surface area (Å²) in [6.07, 6.45) is 3.98. The Balaban J connectivity index is 1.60. The number of pyridine rings is 1. The Hall–Kier alpha value is -2.37. The molecule has 3 rings (SSSR count). The summed E-state index contributed by atoms with van der Waals surface area (Å²) in [6, 6.07) is 3.63. The highest BCUT2D eigenvalue weighted by Gasteiger charge is 2.15. The van der Waals surface area contributed by atoms with Crippen molar-refractivity contribution in [2.24, 2.45) is 0 Å². The Morgan fingerprint density at radius 3 is 3.05 bits per heavy atom. The van der Waals surface area contributed by atoms with Crippen LogP contribution in [-0.4, -0.2) is 16.2 Å². The predicted octanol–water partition coefficient (Wildman–Crippen LogP) is 2.75. The number of anilines is 1. The van der Waals surface area contributed by atoms with Crippen LogP contribution < -0.4 is 10.6 Å². The highest BCUT2D eigenvalue weighted by Crippen LogP contribution is 2.21. The van der Waals surface area contributed by atoms with Crippen LogP contribution in [0.4, 0.5) is 10.6 Å². The zero-order valence-electron chi connectivity index (χ0n) is 12.9. The Morgan fingerprint density at radius 1 is 1.36 bits per heavy atom. The fourth-order valence-corrected chi connectivity index (χ4v) is 2.76. The van der Waals surface area contributed by atoms with E-state index in [9.17, 15) is 4.79 Å². The number of fused-ring (bicyclic) bond motifs is 1. The van der Waals surface area contributed by atoms with Crippen molar-refractivity contribution in [2.45, 2.75) is 46.1 Å². The molecule has 0 spiro atoms. The van der Waals surface area contributed by atoms with E-state index in [1.54, 1.807) is 0 Å².